The van der Waals surface area contributed by atoms with Gasteiger partial charge in [0.15, 0.2) is 0 Å². The van der Waals surface area contributed by atoms with Gasteiger partial charge in [0.25, 0.3) is 0 Å². The molecule has 1 aromatic heterocycles. The van der Waals surface area contributed by atoms with Crippen molar-refractivity contribution in [2.45, 2.75) is 6.42 Å². The van der Waals surface area contributed by atoms with Crippen molar-refractivity contribution in [1.82, 2.24) is 15.4 Å². The standard InChI is InChI=1S/C4H6FN3/c5-2-1-4-3-6-8-7-4/h3H,1-2H2,(H,6,7,8)/i5+0. The lowest BCUT2D eigenvalue weighted by Gasteiger charge is -1.80. The minimum absolute atomic E-state index is 0.358. The summed E-state index contributed by atoms with van der Waals surface area (Å²) in [6, 6.07) is 0. The second kappa shape index (κ2) is 2.40. The Balaban J connectivity index is 2.50. The molecule has 8 heavy (non-hydrogen) atoms. The first-order chi connectivity index (χ1) is 3.93. The molecule has 0 aliphatic carbocycles. The van der Waals surface area contributed by atoms with Crippen LogP contribution in [0.3, 0.4) is 0 Å². The van der Waals surface area contributed by atoms with Gasteiger partial charge in [0.1, 0.15) is 0 Å². The van der Waals surface area contributed by atoms with Gasteiger partial charge in [0, 0.05) is 6.42 Å². The summed E-state index contributed by atoms with van der Waals surface area (Å²) in [5, 5.41) is 9.52. The highest BCUT2D eigenvalue weighted by Crippen LogP contribution is 1.88. The molecule has 0 unspecified atom stereocenters. The quantitative estimate of drug-likeness (QED) is 0.603. The van der Waals surface area contributed by atoms with E-state index in [9.17, 15) is 4.39 Å². The summed E-state index contributed by atoms with van der Waals surface area (Å²) in [7, 11) is 0. The van der Waals surface area contributed by atoms with Gasteiger partial charge in [-0.2, -0.15) is 15.4 Å². The normalized spacial score (nSPS) is 9.62. The Kier molecular flexibility index (Phi) is 1.56. The van der Waals surface area contributed by atoms with Crippen LogP contribution < -0.4 is 0 Å². The number of rotatable bonds is 2. The molecule has 0 aromatic carbocycles. The first kappa shape index (κ1) is 5.21. The second-order valence-corrected chi connectivity index (χ2v) is 1.40. The molecular weight excluding hydrogens is 109 g/mol. The minimum Gasteiger partial charge on any atom is -0.251 e. The van der Waals surface area contributed by atoms with E-state index >= 15 is 0 Å². The van der Waals surface area contributed by atoms with Crippen LogP contribution in [0.15, 0.2) is 6.20 Å². The average molecular weight is 115 g/mol. The lowest BCUT2D eigenvalue weighted by atomic mass is 10.4. The van der Waals surface area contributed by atoms with E-state index in [1.54, 1.807) is 0 Å². The predicted molar refractivity (Wildman–Crippen MR) is 26.1 cm³/mol. The average Bonchev–Trinajstić information content (AvgIpc) is 2.19. The SMILES string of the molecule is [19F]CCc1cn[nH]n1. The summed E-state index contributed by atoms with van der Waals surface area (Å²) in [5.74, 6) is 0. The van der Waals surface area contributed by atoms with Gasteiger partial charge < -0.3 is 0 Å². The molecule has 0 bridgehead atoms. The van der Waals surface area contributed by atoms with Crippen molar-refractivity contribution < 1.29 is 4.39 Å². The Morgan fingerprint density at radius 3 is 3.12 bits per heavy atom. The molecule has 0 fully saturated rings. The second-order valence-electron chi connectivity index (χ2n) is 1.40. The zero-order valence-electron chi connectivity index (χ0n) is 4.26. The number of halogens is 1. The van der Waals surface area contributed by atoms with Crippen LogP contribution >= 0.6 is 0 Å². The molecule has 3 nitrogen and oxygen atoms in total. The highest BCUT2D eigenvalue weighted by molar-refractivity contribution is 4.89. The molecule has 0 radical (unpaired) electrons. The van der Waals surface area contributed by atoms with Crippen molar-refractivity contribution in [3.8, 4) is 0 Å². The van der Waals surface area contributed by atoms with Crippen molar-refractivity contribution >= 4 is 0 Å². The summed E-state index contributed by atoms with van der Waals surface area (Å²) in [4.78, 5) is 0. The number of aromatic amines is 1. The maximum atomic E-state index is 11.5. The largest absolute Gasteiger partial charge is 0.251 e. The molecule has 0 aliphatic heterocycles. The van der Waals surface area contributed by atoms with E-state index in [-0.39, 0.29) is 6.67 Å². The number of nitrogens with one attached hydrogen (secondary N) is 1. The molecule has 0 atom stereocenters. The Bertz CT molecular complexity index is 137. The third-order valence-corrected chi connectivity index (χ3v) is 0.816. The molecule has 0 spiro atoms. The molecule has 1 heterocycles. The smallest absolute Gasteiger partial charge is 0.0951 e. The maximum Gasteiger partial charge on any atom is 0.0951 e. The van der Waals surface area contributed by atoms with Crippen molar-refractivity contribution in [3.05, 3.63) is 11.9 Å². The van der Waals surface area contributed by atoms with E-state index in [0.29, 0.717) is 12.1 Å². The Hall–Kier alpha value is -0.930. The molecule has 1 rings (SSSR count). The van der Waals surface area contributed by atoms with Crippen LogP contribution in [-0.4, -0.2) is 22.1 Å². The molecule has 1 N–H and O–H groups in total. The van der Waals surface area contributed by atoms with Crippen LogP contribution in [0.5, 0.6) is 0 Å². The summed E-state index contributed by atoms with van der Waals surface area (Å²) in [6.07, 6.45) is 1.87. The van der Waals surface area contributed by atoms with Gasteiger partial charge in [-0.3, -0.25) is 4.39 Å². The monoisotopic (exact) mass is 115 g/mol. The molecule has 0 amide bonds. The lowest BCUT2D eigenvalue weighted by Crippen LogP contribution is -1.85. The van der Waals surface area contributed by atoms with Gasteiger partial charge in [-0.15, -0.1) is 0 Å². The fourth-order valence-corrected chi connectivity index (χ4v) is 0.443. The van der Waals surface area contributed by atoms with Crippen LogP contribution in [0.1, 0.15) is 5.69 Å². The van der Waals surface area contributed by atoms with E-state index in [2.05, 4.69) is 15.4 Å². The summed E-state index contributed by atoms with van der Waals surface area (Å²) in [6.45, 7) is -0.369. The first-order valence-electron chi connectivity index (χ1n) is 2.34. The Labute approximate surface area is 45.9 Å². The lowest BCUT2D eigenvalue weighted by molar-refractivity contribution is 0.491. The molecule has 0 aliphatic rings. The van der Waals surface area contributed by atoms with Crippen molar-refractivity contribution in [2.75, 3.05) is 6.67 Å². The minimum atomic E-state index is -0.369. The van der Waals surface area contributed by atoms with Gasteiger partial charge >= 0.3 is 0 Å². The number of hydrogen-bond donors (Lipinski definition) is 1. The van der Waals surface area contributed by atoms with E-state index < -0.39 is 0 Å². The third-order valence-electron chi connectivity index (χ3n) is 0.816. The van der Waals surface area contributed by atoms with Gasteiger partial charge in [-0.1, -0.05) is 0 Å². The fourth-order valence-electron chi connectivity index (χ4n) is 0.443. The van der Waals surface area contributed by atoms with Crippen molar-refractivity contribution in [1.29, 1.82) is 0 Å². The Morgan fingerprint density at radius 1 is 1.75 bits per heavy atom. The van der Waals surface area contributed by atoms with Crippen LogP contribution in [-0.2, 0) is 6.42 Å². The molecular formula is C4H6FN3. The predicted octanol–water partition coefficient (Wildman–Crippen LogP) is 0.317. The number of nitrogens with zero attached hydrogens (tertiary/aromatic N) is 2. The number of aryl methyl sites for hydroxylation is 1. The number of hydrogen-bond acceptors (Lipinski definition) is 2. The number of H-pyrrole nitrogens is 1. The molecule has 0 saturated carbocycles. The van der Waals surface area contributed by atoms with Crippen molar-refractivity contribution in [2.24, 2.45) is 0 Å². The number of alkyl halides is 1. The summed E-state index contributed by atoms with van der Waals surface area (Å²) < 4.78 is 11.5. The highest BCUT2D eigenvalue weighted by Gasteiger charge is 1.91. The van der Waals surface area contributed by atoms with Crippen LogP contribution in [0.2, 0.25) is 0 Å². The van der Waals surface area contributed by atoms with Gasteiger partial charge in [-0.25, -0.2) is 0 Å². The van der Waals surface area contributed by atoms with E-state index in [4.69, 9.17) is 0 Å². The molecule has 44 valence electrons. The molecule has 4 heteroatoms. The highest BCUT2D eigenvalue weighted by atomic mass is 19.1. The van der Waals surface area contributed by atoms with E-state index in [1.807, 2.05) is 0 Å². The van der Waals surface area contributed by atoms with Crippen LogP contribution in [0.25, 0.3) is 0 Å². The topological polar surface area (TPSA) is 41.6 Å². The summed E-state index contributed by atoms with van der Waals surface area (Å²) >= 11 is 0. The zero-order valence-corrected chi connectivity index (χ0v) is 4.26. The molecule has 0 saturated heterocycles. The Morgan fingerprint density at radius 2 is 2.62 bits per heavy atom. The van der Waals surface area contributed by atoms with Gasteiger partial charge in [-0.05, 0) is 0 Å². The zero-order chi connectivity index (χ0) is 5.82. The van der Waals surface area contributed by atoms with Gasteiger partial charge in [0.2, 0.25) is 0 Å². The van der Waals surface area contributed by atoms with Crippen molar-refractivity contribution in [3.63, 3.8) is 0 Å². The van der Waals surface area contributed by atoms with Crippen LogP contribution in [0.4, 0.5) is 4.39 Å². The third kappa shape index (κ3) is 1.02. The summed E-state index contributed by atoms with van der Waals surface area (Å²) in [5.41, 5.74) is 0.674. The van der Waals surface area contributed by atoms with Crippen LogP contribution in [0, 0.1) is 0 Å². The van der Waals surface area contributed by atoms with Gasteiger partial charge in [0.05, 0.1) is 18.6 Å². The van der Waals surface area contributed by atoms with E-state index in [1.165, 1.54) is 6.20 Å². The van der Waals surface area contributed by atoms with E-state index in [0.717, 1.165) is 0 Å². The first-order valence-corrected chi connectivity index (χ1v) is 2.34. The maximum absolute atomic E-state index is 11.5. The molecule has 1 aromatic rings. The number of aromatic nitrogens is 3. The fraction of sp³-hybridized carbons (Fsp3) is 0.500.